The molecule has 0 N–H and O–H groups in total. The molecule has 2 aliphatic heterocycles. The summed E-state index contributed by atoms with van der Waals surface area (Å²) in [5.41, 5.74) is 0.542. The topological polar surface area (TPSA) is 66.7 Å². The number of benzene rings is 1. The van der Waals surface area contributed by atoms with Crippen molar-refractivity contribution >= 4 is 11.6 Å². The molecule has 0 spiro atoms. The third kappa shape index (κ3) is 1.98. The lowest BCUT2D eigenvalue weighted by Gasteiger charge is -2.32. The highest BCUT2D eigenvalue weighted by atomic mass is 16.6. The number of piperazine rings is 1. The fraction of sp³-hybridized carbons (Fsp3) is 0.462. The van der Waals surface area contributed by atoms with E-state index >= 15 is 0 Å². The molecule has 0 saturated carbocycles. The molecule has 2 saturated heterocycles. The number of amides is 1. The molecule has 3 rings (SSSR count). The maximum Gasteiger partial charge on any atom is 0.269 e. The van der Waals surface area contributed by atoms with Crippen LogP contribution in [0, 0.1) is 10.1 Å². The average molecular weight is 261 g/mol. The minimum Gasteiger partial charge on any atom is -0.333 e. The van der Waals surface area contributed by atoms with Gasteiger partial charge in [-0.2, -0.15) is 0 Å². The first-order chi connectivity index (χ1) is 9.06. The molecular weight excluding hydrogens is 246 g/mol. The van der Waals surface area contributed by atoms with E-state index in [9.17, 15) is 14.9 Å². The van der Waals surface area contributed by atoms with Crippen molar-refractivity contribution in [1.82, 2.24) is 9.80 Å². The van der Waals surface area contributed by atoms with E-state index in [1.165, 1.54) is 24.3 Å². The van der Waals surface area contributed by atoms with Gasteiger partial charge in [0, 0.05) is 42.9 Å². The molecule has 6 heteroatoms. The zero-order valence-corrected chi connectivity index (χ0v) is 10.7. The number of non-ortho nitro benzene ring substituents is 1. The van der Waals surface area contributed by atoms with Crippen LogP contribution in [0.3, 0.4) is 0 Å². The standard InChI is InChI=1S/C13H15N3O3/c1-14-7-12-6-11(14)8-15(12)13(17)9-2-4-10(5-3-9)16(18)19/h2-5,11-12H,6-8H2,1H3. The van der Waals surface area contributed by atoms with Crippen LogP contribution in [-0.2, 0) is 0 Å². The van der Waals surface area contributed by atoms with Crippen LogP contribution in [-0.4, -0.2) is 52.9 Å². The van der Waals surface area contributed by atoms with E-state index in [1.807, 2.05) is 4.90 Å². The van der Waals surface area contributed by atoms with E-state index in [1.54, 1.807) is 0 Å². The highest BCUT2D eigenvalue weighted by Gasteiger charge is 2.43. The van der Waals surface area contributed by atoms with Crippen molar-refractivity contribution in [3.05, 3.63) is 39.9 Å². The molecule has 2 heterocycles. The second kappa shape index (κ2) is 4.31. The van der Waals surface area contributed by atoms with E-state index in [2.05, 4.69) is 11.9 Å². The predicted octanol–water partition coefficient (Wildman–Crippen LogP) is 1.12. The fourth-order valence-electron chi connectivity index (χ4n) is 3.01. The van der Waals surface area contributed by atoms with Crippen molar-refractivity contribution in [2.45, 2.75) is 18.5 Å². The first-order valence-electron chi connectivity index (χ1n) is 6.32. The molecule has 2 fully saturated rings. The predicted molar refractivity (Wildman–Crippen MR) is 69.0 cm³/mol. The summed E-state index contributed by atoms with van der Waals surface area (Å²) in [6.07, 6.45) is 1.04. The van der Waals surface area contributed by atoms with Crippen molar-refractivity contribution in [1.29, 1.82) is 0 Å². The summed E-state index contributed by atoms with van der Waals surface area (Å²) in [5, 5.41) is 10.6. The summed E-state index contributed by atoms with van der Waals surface area (Å²) in [6, 6.07) is 6.60. The Balaban J connectivity index is 1.76. The van der Waals surface area contributed by atoms with Crippen LogP contribution in [0.25, 0.3) is 0 Å². The van der Waals surface area contributed by atoms with Gasteiger partial charge in [-0.05, 0) is 25.6 Å². The molecule has 6 nitrogen and oxygen atoms in total. The Morgan fingerprint density at radius 3 is 2.42 bits per heavy atom. The maximum atomic E-state index is 12.4. The minimum absolute atomic E-state index is 0.0132. The fourth-order valence-corrected chi connectivity index (χ4v) is 3.01. The smallest absolute Gasteiger partial charge is 0.269 e. The Hall–Kier alpha value is -1.95. The Bertz CT molecular complexity index is 526. The van der Waals surface area contributed by atoms with Gasteiger partial charge in [0.2, 0.25) is 0 Å². The molecule has 0 aliphatic carbocycles. The highest BCUT2D eigenvalue weighted by molar-refractivity contribution is 5.95. The second-order valence-corrected chi connectivity index (χ2v) is 5.24. The number of nitro benzene ring substituents is 1. The highest BCUT2D eigenvalue weighted by Crippen LogP contribution is 2.30. The molecule has 2 aliphatic rings. The van der Waals surface area contributed by atoms with Crippen LogP contribution in [0.5, 0.6) is 0 Å². The minimum atomic E-state index is -0.457. The van der Waals surface area contributed by atoms with Gasteiger partial charge >= 0.3 is 0 Å². The zero-order chi connectivity index (χ0) is 13.6. The van der Waals surface area contributed by atoms with Gasteiger partial charge in [0.05, 0.1) is 4.92 Å². The van der Waals surface area contributed by atoms with Crippen molar-refractivity contribution in [3.8, 4) is 0 Å². The van der Waals surface area contributed by atoms with E-state index in [0.717, 1.165) is 19.5 Å². The molecular formula is C13H15N3O3. The summed E-state index contributed by atoms with van der Waals surface area (Å²) >= 11 is 0. The van der Waals surface area contributed by atoms with Crippen LogP contribution in [0.15, 0.2) is 24.3 Å². The second-order valence-electron chi connectivity index (χ2n) is 5.24. The van der Waals surface area contributed by atoms with E-state index in [-0.39, 0.29) is 17.6 Å². The summed E-state index contributed by atoms with van der Waals surface area (Å²) < 4.78 is 0. The molecule has 2 atom stereocenters. The third-order valence-electron chi connectivity index (χ3n) is 4.10. The molecule has 1 aromatic rings. The lowest BCUT2D eigenvalue weighted by Crippen LogP contribution is -2.47. The summed E-state index contributed by atoms with van der Waals surface area (Å²) in [4.78, 5) is 26.7. The molecule has 2 unspecified atom stereocenters. The zero-order valence-electron chi connectivity index (χ0n) is 10.7. The van der Waals surface area contributed by atoms with E-state index in [4.69, 9.17) is 0 Å². The first-order valence-corrected chi connectivity index (χ1v) is 6.32. The Labute approximate surface area is 110 Å². The number of hydrogen-bond acceptors (Lipinski definition) is 4. The number of likely N-dealkylation sites (tertiary alicyclic amines) is 2. The van der Waals surface area contributed by atoms with Crippen molar-refractivity contribution in [2.24, 2.45) is 0 Å². The monoisotopic (exact) mass is 261 g/mol. The molecule has 19 heavy (non-hydrogen) atoms. The third-order valence-corrected chi connectivity index (χ3v) is 4.10. The van der Waals surface area contributed by atoms with Crippen LogP contribution >= 0.6 is 0 Å². The van der Waals surface area contributed by atoms with Crippen LogP contribution < -0.4 is 0 Å². The van der Waals surface area contributed by atoms with Gasteiger partial charge < -0.3 is 4.90 Å². The van der Waals surface area contributed by atoms with Crippen LogP contribution in [0.2, 0.25) is 0 Å². The number of rotatable bonds is 2. The van der Waals surface area contributed by atoms with Gasteiger partial charge in [0.1, 0.15) is 0 Å². The van der Waals surface area contributed by atoms with Gasteiger partial charge in [-0.3, -0.25) is 19.8 Å². The van der Waals surface area contributed by atoms with Crippen molar-refractivity contribution < 1.29 is 9.72 Å². The lowest BCUT2D eigenvalue weighted by molar-refractivity contribution is -0.384. The SMILES string of the molecule is CN1CC2CC1CN2C(=O)c1ccc([N+](=O)[O-])cc1. The van der Waals surface area contributed by atoms with Gasteiger partial charge in [-0.15, -0.1) is 0 Å². The number of nitrogens with zero attached hydrogens (tertiary/aromatic N) is 3. The lowest BCUT2D eigenvalue weighted by atomic mass is 10.1. The summed E-state index contributed by atoms with van der Waals surface area (Å²) in [6.45, 7) is 1.68. The summed E-state index contributed by atoms with van der Waals surface area (Å²) in [5.74, 6) is -0.0181. The summed E-state index contributed by atoms with van der Waals surface area (Å²) in [7, 11) is 2.08. The number of carbonyl (C=O) groups is 1. The normalized spacial score (nSPS) is 25.8. The number of fused-ring (bicyclic) bond motifs is 2. The number of carbonyl (C=O) groups excluding carboxylic acids is 1. The molecule has 1 aromatic carbocycles. The Morgan fingerprint density at radius 2 is 1.95 bits per heavy atom. The molecule has 0 radical (unpaired) electrons. The van der Waals surface area contributed by atoms with Crippen molar-refractivity contribution in [3.63, 3.8) is 0 Å². The van der Waals surface area contributed by atoms with Gasteiger partial charge in [-0.1, -0.05) is 0 Å². The Kier molecular flexibility index (Phi) is 2.74. The number of nitro groups is 1. The van der Waals surface area contributed by atoms with E-state index < -0.39 is 4.92 Å². The largest absolute Gasteiger partial charge is 0.333 e. The molecule has 0 aromatic heterocycles. The van der Waals surface area contributed by atoms with Gasteiger partial charge in [0.25, 0.3) is 11.6 Å². The van der Waals surface area contributed by atoms with Gasteiger partial charge in [0.15, 0.2) is 0 Å². The Morgan fingerprint density at radius 1 is 1.26 bits per heavy atom. The number of hydrogen-bond donors (Lipinski definition) is 0. The van der Waals surface area contributed by atoms with Crippen molar-refractivity contribution in [2.75, 3.05) is 20.1 Å². The quantitative estimate of drug-likeness (QED) is 0.591. The van der Waals surface area contributed by atoms with Crippen LogP contribution in [0.4, 0.5) is 5.69 Å². The first kappa shape index (κ1) is 12.1. The molecule has 2 bridgehead atoms. The van der Waals surface area contributed by atoms with E-state index in [0.29, 0.717) is 11.6 Å². The average Bonchev–Trinajstić information content (AvgIpc) is 2.97. The molecule has 1 amide bonds. The maximum absolute atomic E-state index is 12.4. The molecule has 100 valence electrons. The van der Waals surface area contributed by atoms with Gasteiger partial charge in [-0.25, -0.2) is 0 Å². The van der Waals surface area contributed by atoms with Crippen LogP contribution in [0.1, 0.15) is 16.8 Å². The number of likely N-dealkylation sites (N-methyl/N-ethyl adjacent to an activating group) is 1.